The van der Waals surface area contributed by atoms with Crippen LogP contribution in [-0.2, 0) is 13.1 Å². The van der Waals surface area contributed by atoms with Crippen molar-refractivity contribution in [1.29, 1.82) is 0 Å². The van der Waals surface area contributed by atoms with Crippen molar-refractivity contribution in [2.45, 2.75) is 52.6 Å². The van der Waals surface area contributed by atoms with Gasteiger partial charge in [-0.2, -0.15) is 0 Å². The topological polar surface area (TPSA) is 12.5 Å². The van der Waals surface area contributed by atoms with Crippen LogP contribution in [0.4, 0.5) is 73.1 Å². The molecule has 0 aromatic heterocycles. The van der Waals surface area contributed by atoms with Gasteiger partial charge in [-0.3, -0.25) is 0 Å². The summed E-state index contributed by atoms with van der Waals surface area (Å²) in [6.45, 7) is 8.29. The third kappa shape index (κ3) is 13.4. The fraction of sp³-hybridized carbons (Fsp3) is 0.263. The molecule has 2 aliphatic rings. The fourth-order valence-electron chi connectivity index (χ4n) is 6.63. The second kappa shape index (κ2) is 14.2. The van der Waals surface area contributed by atoms with E-state index in [0.29, 0.717) is 0 Å². The van der Waals surface area contributed by atoms with E-state index in [9.17, 15) is 50.4 Å². The van der Waals surface area contributed by atoms with Crippen molar-refractivity contribution in [2.75, 3.05) is 22.9 Å². The summed E-state index contributed by atoms with van der Waals surface area (Å²) >= 11 is 0. The van der Waals surface area contributed by atoms with Gasteiger partial charge in [0.2, 0.25) is 12.7 Å². The maximum absolute atomic E-state index is 10.7. The van der Waals surface area contributed by atoms with Gasteiger partial charge in [0.1, 0.15) is 35.8 Å². The molecule has 7 rings (SSSR count). The summed E-state index contributed by atoms with van der Waals surface area (Å²) < 4.78 is 123. The first kappa shape index (κ1) is 42.7. The summed E-state index contributed by atoms with van der Waals surface area (Å²) in [6, 6.07) is 36.0. The van der Waals surface area contributed by atoms with E-state index in [2.05, 4.69) is 143 Å². The first-order valence-corrected chi connectivity index (χ1v) is 21.7. The van der Waals surface area contributed by atoms with Crippen LogP contribution < -0.4 is 9.80 Å². The molecule has 0 spiro atoms. The van der Waals surface area contributed by atoms with Gasteiger partial charge in [-0.05, 0) is 65.1 Å². The molecule has 0 fully saturated rings. The predicted octanol–water partition coefficient (Wildman–Crippen LogP) is 15.7. The van der Waals surface area contributed by atoms with Crippen LogP contribution in [0.25, 0.3) is 21.5 Å². The molecule has 0 radical (unpaired) electrons. The van der Waals surface area contributed by atoms with E-state index in [1.54, 1.807) is 0 Å². The van der Waals surface area contributed by atoms with Crippen molar-refractivity contribution < 1.29 is 59.5 Å². The van der Waals surface area contributed by atoms with Gasteiger partial charge < -0.3 is 0 Å². The molecule has 56 heavy (non-hydrogen) atoms. The minimum atomic E-state index is -10.7. The van der Waals surface area contributed by atoms with Crippen molar-refractivity contribution in [3.05, 3.63) is 108 Å². The molecule has 18 heteroatoms. The first-order valence-electron chi connectivity index (χ1n) is 17.6. The average molecular weight is 843 g/mol. The van der Waals surface area contributed by atoms with Crippen LogP contribution >= 0.6 is 15.6 Å². The van der Waals surface area contributed by atoms with Gasteiger partial charge in [0, 0.05) is 0 Å². The number of unbranched alkanes of at least 4 members (excludes halogenated alkanes) is 2. The summed E-state index contributed by atoms with van der Waals surface area (Å²) in [5.74, 6) is 0. The first-order chi connectivity index (χ1) is 25.6. The number of hydrogen-bond donors (Lipinski definition) is 0. The molecule has 5 aromatic carbocycles. The summed E-state index contributed by atoms with van der Waals surface area (Å²) in [6.07, 6.45) is 9.39. The Kier molecular flexibility index (Phi) is 10.8. The van der Waals surface area contributed by atoms with Crippen LogP contribution in [0.1, 0.15) is 50.7 Å². The summed E-state index contributed by atoms with van der Waals surface area (Å²) in [7, 11) is -21.3. The number of halogens is 12. The number of benzene rings is 5. The average Bonchev–Trinajstić information content (AvgIpc) is 3.07. The van der Waals surface area contributed by atoms with Crippen molar-refractivity contribution in [2.24, 2.45) is 0 Å². The van der Waals surface area contributed by atoms with Crippen LogP contribution in [-0.4, -0.2) is 34.9 Å². The zero-order valence-corrected chi connectivity index (χ0v) is 32.1. The third-order valence-corrected chi connectivity index (χ3v) is 8.72. The Hall–Kier alpha value is -4.42. The van der Waals surface area contributed by atoms with E-state index in [1.807, 2.05) is 0 Å². The Morgan fingerprint density at radius 3 is 1.12 bits per heavy atom. The molecule has 0 saturated heterocycles. The molecule has 4 nitrogen and oxygen atoms in total. The molecular weight excluding hydrogens is 802 g/mol. The Bertz CT molecular complexity index is 2120. The van der Waals surface area contributed by atoms with E-state index >= 15 is 0 Å². The van der Waals surface area contributed by atoms with Crippen molar-refractivity contribution in [1.82, 2.24) is 0 Å². The molecule has 2 heterocycles. The van der Waals surface area contributed by atoms with Gasteiger partial charge >= 0.3 is 66.0 Å². The van der Waals surface area contributed by atoms with Gasteiger partial charge in [0.15, 0.2) is 0 Å². The van der Waals surface area contributed by atoms with Crippen molar-refractivity contribution in [3.8, 4) is 0 Å². The van der Waals surface area contributed by atoms with Crippen LogP contribution in [0.5, 0.6) is 0 Å². The van der Waals surface area contributed by atoms with Crippen LogP contribution in [0.15, 0.2) is 97.1 Å². The molecule has 0 aliphatic carbocycles. The molecule has 0 unspecified atom stereocenters. The van der Waals surface area contributed by atoms with Crippen molar-refractivity contribution in [3.63, 3.8) is 0 Å². The molecule has 0 amide bonds. The van der Waals surface area contributed by atoms with Gasteiger partial charge in [-0.25, -0.2) is 19.0 Å². The standard InChI is InChI=1S/C38H40N4.2F6P/c1-3-5-22-39-27-41(35-20-10-16-31-14-8-18-33(39)37(31)35)25-29-12-7-13-30(24-29)26-42-28-40(23-6-4-2)34-19-9-15-32-17-11-21-36(42)38(32)34;2*1-7(2,3,4,5)6/h7-21,24,27-28H,3-6,22-23,25-26H2,1-2H3;;/q+2;2*-1. The summed E-state index contributed by atoms with van der Waals surface area (Å²) in [5, 5.41) is 5.33. The molecule has 0 N–H and O–H groups in total. The Balaban J connectivity index is 0.000000367. The van der Waals surface area contributed by atoms with Gasteiger partial charge in [-0.1, -0.05) is 93.4 Å². The zero-order chi connectivity index (χ0) is 41.3. The number of hydrogen-bond acceptors (Lipinski definition) is 2. The molecule has 2 aliphatic heterocycles. The SMILES string of the molecule is CCCCN1C=[N+](Cc2cccc(C[N+]3=CN(CCCC)c4cccc5cccc3c45)c2)c2cccc3cccc1c23.F[P-](F)(F)(F)(F)F.F[P-](F)(F)(F)(F)F. The minimum absolute atomic E-state index is 0.842. The third-order valence-electron chi connectivity index (χ3n) is 8.72. The van der Waals surface area contributed by atoms with Gasteiger partial charge in [0.25, 0.3) is 0 Å². The summed E-state index contributed by atoms with van der Waals surface area (Å²) in [5.41, 5.74) is 7.89. The number of nitrogens with zero attached hydrogens (tertiary/aromatic N) is 4. The van der Waals surface area contributed by atoms with Crippen LogP contribution in [0.3, 0.4) is 0 Å². The Morgan fingerprint density at radius 1 is 0.464 bits per heavy atom. The molecular formula is C38H40F12N4P2. The fourth-order valence-corrected chi connectivity index (χ4v) is 6.63. The number of anilines is 2. The maximum atomic E-state index is 9.87. The van der Waals surface area contributed by atoms with Crippen LogP contribution in [0.2, 0.25) is 0 Å². The van der Waals surface area contributed by atoms with E-state index in [-0.39, 0.29) is 0 Å². The molecule has 5 aromatic rings. The van der Waals surface area contributed by atoms with E-state index in [1.165, 1.54) is 81.1 Å². The monoisotopic (exact) mass is 842 g/mol. The predicted molar refractivity (Wildman–Crippen MR) is 205 cm³/mol. The Labute approximate surface area is 315 Å². The normalized spacial score (nSPS) is 16.2. The van der Waals surface area contributed by atoms with Crippen LogP contribution in [0, 0.1) is 0 Å². The number of rotatable bonds is 10. The van der Waals surface area contributed by atoms with E-state index in [0.717, 1.165) is 26.2 Å². The quantitative estimate of drug-likeness (QED) is 0.0789. The van der Waals surface area contributed by atoms with Crippen molar-refractivity contribution >= 4 is 72.6 Å². The van der Waals surface area contributed by atoms with Gasteiger partial charge in [-0.15, -0.1) is 0 Å². The second-order valence-electron chi connectivity index (χ2n) is 13.6. The molecule has 306 valence electrons. The van der Waals surface area contributed by atoms with E-state index in [4.69, 9.17) is 0 Å². The zero-order valence-electron chi connectivity index (χ0n) is 30.3. The Morgan fingerprint density at radius 2 is 0.786 bits per heavy atom. The second-order valence-corrected chi connectivity index (χ2v) is 17.5. The molecule has 0 bridgehead atoms. The van der Waals surface area contributed by atoms with Gasteiger partial charge in [0.05, 0.1) is 23.9 Å². The molecule has 0 saturated carbocycles. The molecule has 0 atom stereocenters. The van der Waals surface area contributed by atoms with E-state index < -0.39 is 15.6 Å². The summed E-state index contributed by atoms with van der Waals surface area (Å²) in [4.78, 5) is 4.91.